The van der Waals surface area contributed by atoms with Gasteiger partial charge in [0.2, 0.25) is 15.9 Å². The number of nitrogens with one attached hydrogen (secondary N) is 1. The maximum absolute atomic E-state index is 12.3. The molecule has 1 amide bonds. The van der Waals surface area contributed by atoms with Crippen LogP contribution < -0.4 is 11.1 Å². The molecule has 0 aliphatic carbocycles. The fourth-order valence-electron chi connectivity index (χ4n) is 2.04. The monoisotopic (exact) mass is 295 g/mol. The first-order valence-corrected chi connectivity index (χ1v) is 7.76. The molecule has 1 aliphatic rings. The van der Waals surface area contributed by atoms with E-state index in [4.69, 9.17) is 5.73 Å². The molecule has 1 aromatic carbocycles. The summed E-state index contributed by atoms with van der Waals surface area (Å²) in [6.45, 7) is 0.977. The van der Waals surface area contributed by atoms with Gasteiger partial charge in [0.1, 0.15) is 6.04 Å². The highest BCUT2D eigenvalue weighted by Crippen LogP contribution is 2.13. The number of rotatable bonds is 4. The molecule has 3 N–H and O–H groups in total. The maximum Gasteiger partial charge on any atom is 0.237 e. The lowest BCUT2D eigenvalue weighted by atomic mass is 10.2. The third-order valence-corrected chi connectivity index (χ3v) is 4.65. The number of nitrogens with two attached hydrogens (primary N) is 1. The molecule has 7 heteroatoms. The maximum atomic E-state index is 12.3. The minimum Gasteiger partial charge on any atom is -0.368 e. The van der Waals surface area contributed by atoms with E-state index >= 15 is 0 Å². The van der Waals surface area contributed by atoms with Crippen molar-refractivity contribution in [3.05, 3.63) is 41.3 Å². The second kappa shape index (κ2) is 6.17. The van der Waals surface area contributed by atoms with Gasteiger partial charge in [0, 0.05) is 25.0 Å². The van der Waals surface area contributed by atoms with Crippen molar-refractivity contribution in [2.75, 3.05) is 19.6 Å². The molecule has 0 radical (unpaired) electrons. The Kier molecular flexibility index (Phi) is 4.53. The van der Waals surface area contributed by atoms with Crippen molar-refractivity contribution < 1.29 is 13.2 Å². The van der Waals surface area contributed by atoms with Crippen LogP contribution in [0.25, 0.3) is 6.08 Å². The van der Waals surface area contributed by atoms with Gasteiger partial charge in [-0.05, 0) is 11.6 Å². The molecule has 0 spiro atoms. The van der Waals surface area contributed by atoms with Gasteiger partial charge in [-0.15, -0.1) is 0 Å². The molecule has 6 nitrogen and oxygen atoms in total. The summed E-state index contributed by atoms with van der Waals surface area (Å²) in [5.74, 6) is -0.645. The summed E-state index contributed by atoms with van der Waals surface area (Å²) in [6.07, 6.45) is 1.51. The minimum atomic E-state index is -3.66. The number of carbonyl (C=O) groups excluding carboxylic acids is 1. The molecule has 0 bridgehead atoms. The molecule has 108 valence electrons. The van der Waals surface area contributed by atoms with Crippen LogP contribution in [0.2, 0.25) is 0 Å². The summed E-state index contributed by atoms with van der Waals surface area (Å²) in [4.78, 5) is 11.3. The predicted octanol–water partition coefficient (Wildman–Crippen LogP) is -0.254. The van der Waals surface area contributed by atoms with E-state index in [2.05, 4.69) is 5.32 Å². The average Bonchev–Trinajstić information content (AvgIpc) is 2.46. The summed E-state index contributed by atoms with van der Waals surface area (Å²) in [7, 11) is -3.66. The summed E-state index contributed by atoms with van der Waals surface area (Å²) < 4.78 is 25.7. The Bertz CT molecular complexity index is 599. The highest BCUT2D eigenvalue weighted by atomic mass is 32.2. The first kappa shape index (κ1) is 14.7. The van der Waals surface area contributed by atoms with Crippen molar-refractivity contribution >= 4 is 22.0 Å². The number of piperazine rings is 1. The van der Waals surface area contributed by atoms with Gasteiger partial charge in [-0.2, -0.15) is 4.31 Å². The molecule has 1 aliphatic heterocycles. The topological polar surface area (TPSA) is 92.5 Å². The van der Waals surface area contributed by atoms with Gasteiger partial charge >= 0.3 is 0 Å². The molecule has 2 rings (SSSR count). The Hall–Kier alpha value is -1.70. The molecule has 1 atom stereocenters. The predicted molar refractivity (Wildman–Crippen MR) is 77.0 cm³/mol. The van der Waals surface area contributed by atoms with Gasteiger partial charge in [0.05, 0.1) is 0 Å². The third-order valence-electron chi connectivity index (χ3n) is 3.08. The Balaban J connectivity index is 2.20. The van der Waals surface area contributed by atoms with Crippen LogP contribution in [-0.4, -0.2) is 44.3 Å². The Morgan fingerprint density at radius 1 is 1.35 bits per heavy atom. The molecule has 20 heavy (non-hydrogen) atoms. The fourth-order valence-corrected chi connectivity index (χ4v) is 3.40. The number of carbonyl (C=O) groups is 1. The van der Waals surface area contributed by atoms with Crippen molar-refractivity contribution in [1.29, 1.82) is 0 Å². The number of amides is 1. The highest BCUT2D eigenvalue weighted by molar-refractivity contribution is 7.92. The largest absolute Gasteiger partial charge is 0.368 e. The van der Waals surface area contributed by atoms with E-state index < -0.39 is 22.0 Å². The molecular weight excluding hydrogens is 278 g/mol. The zero-order chi connectivity index (χ0) is 14.6. The van der Waals surface area contributed by atoms with E-state index in [1.54, 1.807) is 12.1 Å². The van der Waals surface area contributed by atoms with Crippen molar-refractivity contribution in [3.63, 3.8) is 0 Å². The van der Waals surface area contributed by atoms with Crippen LogP contribution in [0, 0.1) is 0 Å². The Morgan fingerprint density at radius 3 is 2.70 bits per heavy atom. The number of nitrogens with zero attached hydrogens (tertiary/aromatic N) is 1. The van der Waals surface area contributed by atoms with Gasteiger partial charge in [-0.3, -0.25) is 4.79 Å². The smallest absolute Gasteiger partial charge is 0.237 e. The highest BCUT2D eigenvalue weighted by Gasteiger charge is 2.34. The quantitative estimate of drug-likeness (QED) is 0.801. The number of sulfonamides is 1. The molecule has 1 unspecified atom stereocenters. The average molecular weight is 295 g/mol. The fraction of sp³-hybridized carbons (Fsp3) is 0.308. The van der Waals surface area contributed by atoms with Crippen LogP contribution in [0.5, 0.6) is 0 Å². The number of hydrogen-bond acceptors (Lipinski definition) is 4. The minimum absolute atomic E-state index is 0.231. The number of hydrogen-bond donors (Lipinski definition) is 2. The van der Waals surface area contributed by atoms with Gasteiger partial charge in [0.15, 0.2) is 0 Å². The molecular formula is C13H17N3O3S. The van der Waals surface area contributed by atoms with E-state index in [9.17, 15) is 13.2 Å². The zero-order valence-electron chi connectivity index (χ0n) is 10.9. The first-order chi connectivity index (χ1) is 9.50. The van der Waals surface area contributed by atoms with Crippen LogP contribution in [0.4, 0.5) is 0 Å². The van der Waals surface area contributed by atoms with Crippen molar-refractivity contribution in [2.45, 2.75) is 6.04 Å². The van der Waals surface area contributed by atoms with Crippen LogP contribution in [-0.2, 0) is 14.8 Å². The first-order valence-electron chi connectivity index (χ1n) is 6.26. The lowest BCUT2D eigenvalue weighted by molar-refractivity contribution is -0.122. The molecule has 0 aromatic heterocycles. The lowest BCUT2D eigenvalue weighted by Crippen LogP contribution is -2.58. The zero-order valence-corrected chi connectivity index (χ0v) is 11.7. The second-order valence-electron chi connectivity index (χ2n) is 4.49. The van der Waals surface area contributed by atoms with Gasteiger partial charge in [-0.25, -0.2) is 8.42 Å². The van der Waals surface area contributed by atoms with Gasteiger partial charge < -0.3 is 11.1 Å². The van der Waals surface area contributed by atoms with Crippen molar-refractivity contribution in [1.82, 2.24) is 9.62 Å². The van der Waals surface area contributed by atoms with Crippen LogP contribution in [0.3, 0.4) is 0 Å². The van der Waals surface area contributed by atoms with E-state index in [-0.39, 0.29) is 13.1 Å². The normalized spacial score (nSPS) is 21.1. The summed E-state index contributed by atoms with van der Waals surface area (Å²) in [6, 6.07) is 8.26. The molecule has 1 heterocycles. The third kappa shape index (κ3) is 3.44. The van der Waals surface area contributed by atoms with E-state index in [1.807, 2.05) is 18.2 Å². The van der Waals surface area contributed by atoms with Crippen LogP contribution in [0.15, 0.2) is 35.7 Å². The molecule has 0 saturated carbocycles. The van der Waals surface area contributed by atoms with Crippen molar-refractivity contribution in [3.8, 4) is 0 Å². The Morgan fingerprint density at radius 2 is 2.05 bits per heavy atom. The van der Waals surface area contributed by atoms with Gasteiger partial charge in [0.25, 0.3) is 0 Å². The summed E-state index contributed by atoms with van der Waals surface area (Å²) in [5.41, 5.74) is 6.03. The lowest BCUT2D eigenvalue weighted by Gasteiger charge is -2.32. The number of benzene rings is 1. The van der Waals surface area contributed by atoms with E-state index in [1.165, 1.54) is 6.08 Å². The SMILES string of the molecule is NC(=O)C1CNCCN1S(=O)(=O)C=Cc1ccccc1. The van der Waals surface area contributed by atoms with Crippen molar-refractivity contribution in [2.24, 2.45) is 5.73 Å². The Labute approximate surface area is 118 Å². The molecule has 1 aromatic rings. The van der Waals surface area contributed by atoms with Crippen LogP contribution >= 0.6 is 0 Å². The second-order valence-corrected chi connectivity index (χ2v) is 6.26. The summed E-state index contributed by atoms with van der Waals surface area (Å²) >= 11 is 0. The standard InChI is InChI=1S/C13H17N3O3S/c14-13(17)12-10-15-7-8-16(12)20(18,19)9-6-11-4-2-1-3-5-11/h1-6,9,12,15H,7-8,10H2,(H2,14,17). The van der Waals surface area contributed by atoms with E-state index in [0.29, 0.717) is 6.54 Å². The molecule has 1 fully saturated rings. The number of primary amides is 1. The van der Waals surface area contributed by atoms with Gasteiger partial charge in [-0.1, -0.05) is 30.3 Å². The van der Waals surface area contributed by atoms with Crippen LogP contribution in [0.1, 0.15) is 5.56 Å². The summed E-state index contributed by atoms with van der Waals surface area (Å²) in [5, 5.41) is 4.08. The molecule has 1 saturated heterocycles. The van der Waals surface area contributed by atoms with E-state index in [0.717, 1.165) is 15.3 Å².